The van der Waals surface area contributed by atoms with Gasteiger partial charge in [-0.15, -0.1) is 8.15 Å². The molecule has 2 heterocycles. The van der Waals surface area contributed by atoms with Gasteiger partial charge in [-0.2, -0.15) is 0 Å². The fourth-order valence-electron chi connectivity index (χ4n) is 2.71. The largest absolute Gasteiger partial charge is 0.422 e. The Hall–Kier alpha value is -0.880. The smallest absolute Gasteiger partial charge is 0.396 e. The molecule has 0 radical (unpaired) electrons. The zero-order chi connectivity index (χ0) is 21.1. The Kier molecular flexibility index (Phi) is 7.56. The molecule has 0 saturated heterocycles. The molecule has 0 fully saturated rings. The van der Waals surface area contributed by atoms with Crippen LogP contribution in [0.15, 0.2) is 48.5 Å². The molecule has 6 nitrogen and oxygen atoms in total. The molecule has 0 bridgehead atoms. The predicted octanol–water partition coefficient (Wildman–Crippen LogP) is 7.51. The molecule has 0 spiro atoms. The first kappa shape index (κ1) is 22.3. The lowest BCUT2D eigenvalue weighted by molar-refractivity contribution is 0.457. The first-order valence-corrected chi connectivity index (χ1v) is 14.2. The van der Waals surface area contributed by atoms with Gasteiger partial charge < -0.3 is 18.1 Å². The molecule has 0 amide bonds. The molecule has 0 unspecified atom stereocenters. The van der Waals surface area contributed by atoms with E-state index < -0.39 is 17.1 Å². The van der Waals surface area contributed by atoms with E-state index in [9.17, 15) is 0 Å². The van der Waals surface area contributed by atoms with Crippen LogP contribution in [0.5, 0.6) is 23.0 Å². The fourth-order valence-corrected chi connectivity index (χ4v) is 9.39. The Morgan fingerprint density at radius 1 is 0.633 bits per heavy atom. The predicted molar refractivity (Wildman–Crippen MR) is 128 cm³/mol. The SMILES string of the molecule is CC(C)CN(SSN(CC(C)C)P1Oc2ccccc2O1)P1Oc2ccccc2O1. The summed E-state index contributed by atoms with van der Waals surface area (Å²) in [6, 6.07) is 15.7. The maximum atomic E-state index is 6.12. The summed E-state index contributed by atoms with van der Waals surface area (Å²) in [5, 5.41) is 0. The average Bonchev–Trinajstić information content (AvgIpc) is 3.33. The van der Waals surface area contributed by atoms with Crippen LogP contribution < -0.4 is 18.1 Å². The monoisotopic (exact) mass is 484 g/mol. The Balaban J connectivity index is 1.42. The Morgan fingerprint density at radius 3 is 1.20 bits per heavy atom. The summed E-state index contributed by atoms with van der Waals surface area (Å²) in [6.45, 7) is 10.5. The Labute approximate surface area is 189 Å². The van der Waals surface area contributed by atoms with Crippen molar-refractivity contribution in [2.75, 3.05) is 13.1 Å². The topological polar surface area (TPSA) is 43.4 Å². The van der Waals surface area contributed by atoms with E-state index in [1.165, 1.54) is 0 Å². The number of para-hydroxylation sites is 4. The summed E-state index contributed by atoms with van der Waals surface area (Å²) < 4.78 is 28.9. The second-order valence-corrected chi connectivity index (χ2v) is 13.0. The van der Waals surface area contributed by atoms with E-state index in [4.69, 9.17) is 18.1 Å². The molecule has 0 saturated carbocycles. The lowest BCUT2D eigenvalue weighted by Gasteiger charge is -2.28. The van der Waals surface area contributed by atoms with Gasteiger partial charge in [-0.05, 0) is 36.1 Å². The van der Waals surface area contributed by atoms with Crippen molar-refractivity contribution in [2.24, 2.45) is 11.8 Å². The van der Waals surface area contributed by atoms with Crippen molar-refractivity contribution >= 4 is 39.0 Å². The first-order chi connectivity index (χ1) is 14.5. The molecule has 0 aromatic heterocycles. The third-order valence-electron chi connectivity index (χ3n) is 4.02. The second kappa shape index (κ2) is 10.2. The van der Waals surface area contributed by atoms with Gasteiger partial charge in [0.05, 0.1) is 0 Å². The number of rotatable bonds is 9. The number of hydrogen-bond acceptors (Lipinski definition) is 8. The van der Waals surface area contributed by atoms with Crippen LogP contribution >= 0.6 is 39.0 Å². The molecule has 0 aliphatic carbocycles. The van der Waals surface area contributed by atoms with Crippen molar-refractivity contribution in [1.82, 2.24) is 8.15 Å². The van der Waals surface area contributed by atoms with E-state index in [0.29, 0.717) is 11.8 Å². The van der Waals surface area contributed by atoms with Gasteiger partial charge in [0.25, 0.3) is 0 Å². The second-order valence-electron chi connectivity index (χ2n) is 7.74. The Morgan fingerprint density at radius 2 is 0.933 bits per heavy atom. The number of benzene rings is 2. The average molecular weight is 485 g/mol. The summed E-state index contributed by atoms with van der Waals surface area (Å²) in [5.74, 6) is 4.19. The summed E-state index contributed by atoms with van der Waals surface area (Å²) in [4.78, 5) is 0. The lowest BCUT2D eigenvalue weighted by Crippen LogP contribution is -2.21. The van der Waals surface area contributed by atoms with Crippen molar-refractivity contribution < 1.29 is 18.1 Å². The first-order valence-electron chi connectivity index (χ1n) is 9.89. The van der Waals surface area contributed by atoms with E-state index in [1.54, 1.807) is 22.0 Å². The van der Waals surface area contributed by atoms with E-state index in [-0.39, 0.29) is 0 Å². The molecule has 4 rings (SSSR count). The normalized spacial score (nSPS) is 15.9. The van der Waals surface area contributed by atoms with Crippen molar-refractivity contribution in [2.45, 2.75) is 27.7 Å². The van der Waals surface area contributed by atoms with Gasteiger partial charge in [0.15, 0.2) is 23.0 Å². The van der Waals surface area contributed by atoms with E-state index in [2.05, 4.69) is 35.8 Å². The maximum absolute atomic E-state index is 6.12. The molecule has 2 aromatic carbocycles. The molecular weight excluding hydrogens is 458 g/mol. The van der Waals surface area contributed by atoms with Crippen LogP contribution in [0.1, 0.15) is 27.7 Å². The van der Waals surface area contributed by atoms with E-state index in [0.717, 1.165) is 36.1 Å². The minimum absolute atomic E-state index is 0.476. The molecule has 2 aliphatic rings. The van der Waals surface area contributed by atoms with Gasteiger partial charge in [-0.25, -0.2) is 0 Å². The van der Waals surface area contributed by atoms with E-state index >= 15 is 0 Å². The molecule has 10 heteroatoms. The third-order valence-corrected chi connectivity index (χ3v) is 10.4. The summed E-state index contributed by atoms with van der Waals surface area (Å²) in [5.41, 5.74) is 0. The molecule has 0 atom stereocenters. The highest BCUT2D eigenvalue weighted by atomic mass is 33.1. The minimum Gasteiger partial charge on any atom is -0.422 e. The van der Waals surface area contributed by atoms with Gasteiger partial charge in [0.2, 0.25) is 0 Å². The number of hydrogen-bond donors (Lipinski definition) is 0. The zero-order valence-corrected chi connectivity index (χ0v) is 20.8. The highest BCUT2D eigenvalue weighted by Gasteiger charge is 2.38. The maximum Gasteiger partial charge on any atom is 0.396 e. The van der Waals surface area contributed by atoms with Crippen molar-refractivity contribution in [3.63, 3.8) is 0 Å². The van der Waals surface area contributed by atoms with Crippen LogP contribution in [-0.2, 0) is 0 Å². The van der Waals surface area contributed by atoms with Crippen molar-refractivity contribution in [3.8, 4) is 23.0 Å². The Bertz CT molecular complexity index is 742. The van der Waals surface area contributed by atoms with Crippen LogP contribution in [0.3, 0.4) is 0 Å². The fraction of sp³-hybridized carbons (Fsp3) is 0.400. The van der Waals surface area contributed by atoms with Crippen LogP contribution in [0.2, 0.25) is 0 Å². The van der Waals surface area contributed by atoms with Gasteiger partial charge in [0.1, 0.15) is 0 Å². The highest BCUT2D eigenvalue weighted by molar-refractivity contribution is 8.76. The van der Waals surface area contributed by atoms with Crippen LogP contribution in [0, 0.1) is 11.8 Å². The summed E-state index contributed by atoms with van der Waals surface area (Å²) in [7, 11) is 0.882. The summed E-state index contributed by atoms with van der Waals surface area (Å²) in [6.07, 6.45) is 0. The molecular formula is C20H26N2O4P2S2. The molecule has 162 valence electrons. The van der Waals surface area contributed by atoms with Crippen molar-refractivity contribution in [3.05, 3.63) is 48.5 Å². The standard InChI is InChI=1S/C20H26N2O4P2S2/c1-15(2)13-21(27-23-17-9-5-6-10-18(17)24-27)29-30-22(14-16(3)4)28-25-19-11-7-8-12-20(19)26-28/h5-12,15-16H,13-14H2,1-4H3. The quantitative estimate of drug-likeness (QED) is 0.206. The zero-order valence-electron chi connectivity index (χ0n) is 17.4. The van der Waals surface area contributed by atoms with Crippen LogP contribution in [-0.4, -0.2) is 21.2 Å². The minimum atomic E-state index is -1.20. The van der Waals surface area contributed by atoms with Gasteiger partial charge in [0, 0.05) is 35.0 Å². The molecule has 2 aromatic rings. The summed E-state index contributed by atoms with van der Waals surface area (Å²) >= 11 is 0. The molecule has 2 aliphatic heterocycles. The van der Waals surface area contributed by atoms with Gasteiger partial charge >= 0.3 is 17.1 Å². The van der Waals surface area contributed by atoms with Crippen LogP contribution in [0.4, 0.5) is 0 Å². The molecule has 0 N–H and O–H groups in total. The number of nitrogens with zero attached hydrogens (tertiary/aromatic N) is 2. The van der Waals surface area contributed by atoms with E-state index in [1.807, 2.05) is 48.5 Å². The third kappa shape index (κ3) is 5.48. The van der Waals surface area contributed by atoms with Gasteiger partial charge in [-0.3, -0.25) is 0 Å². The number of fused-ring (bicyclic) bond motifs is 2. The lowest BCUT2D eigenvalue weighted by atomic mass is 10.2. The molecule has 30 heavy (non-hydrogen) atoms. The van der Waals surface area contributed by atoms with Crippen LogP contribution in [0.25, 0.3) is 0 Å². The highest BCUT2D eigenvalue weighted by Crippen LogP contribution is 2.62. The van der Waals surface area contributed by atoms with Gasteiger partial charge in [-0.1, -0.05) is 52.0 Å². The van der Waals surface area contributed by atoms with Crippen molar-refractivity contribution in [1.29, 1.82) is 0 Å².